The summed E-state index contributed by atoms with van der Waals surface area (Å²) < 4.78 is 16.7. The largest absolute Gasteiger partial charge is 0.462 e. The zero-order valence-corrected chi connectivity index (χ0v) is 37.7. The van der Waals surface area contributed by atoms with Gasteiger partial charge in [0, 0.05) is 19.3 Å². The van der Waals surface area contributed by atoms with Crippen LogP contribution in [0.4, 0.5) is 0 Å². The Balaban J connectivity index is 4.30. The first kappa shape index (κ1) is 53.4. The molecule has 326 valence electrons. The SMILES string of the molecule is CC(C)CCCCCCCCCCCCCCC(=O)OC[C@@H](COC(=O)CCCCCCCCCCCC(C)C)OC(=O)CCCCCCCCCC(C)C. The third kappa shape index (κ3) is 43.4. The molecule has 0 fully saturated rings. The summed E-state index contributed by atoms with van der Waals surface area (Å²) >= 11 is 0. The molecule has 0 spiro atoms. The Bertz CT molecular complexity index is 852. The van der Waals surface area contributed by atoms with Crippen molar-refractivity contribution in [1.29, 1.82) is 0 Å². The number of esters is 3. The van der Waals surface area contributed by atoms with Crippen LogP contribution in [-0.2, 0) is 28.6 Å². The van der Waals surface area contributed by atoms with Crippen LogP contribution in [0.2, 0.25) is 0 Å². The number of ether oxygens (including phenoxy) is 3. The molecule has 6 heteroatoms. The van der Waals surface area contributed by atoms with Gasteiger partial charge >= 0.3 is 17.9 Å². The van der Waals surface area contributed by atoms with Gasteiger partial charge in [-0.2, -0.15) is 0 Å². The van der Waals surface area contributed by atoms with E-state index in [4.69, 9.17) is 14.2 Å². The molecule has 0 radical (unpaired) electrons. The molecule has 0 aliphatic heterocycles. The highest BCUT2D eigenvalue weighted by Gasteiger charge is 2.19. The lowest BCUT2D eigenvalue weighted by Crippen LogP contribution is -2.30. The van der Waals surface area contributed by atoms with E-state index in [1.807, 2.05) is 0 Å². The van der Waals surface area contributed by atoms with Gasteiger partial charge in [0.1, 0.15) is 13.2 Å². The van der Waals surface area contributed by atoms with Gasteiger partial charge in [-0.25, -0.2) is 0 Å². The van der Waals surface area contributed by atoms with E-state index in [9.17, 15) is 14.4 Å². The van der Waals surface area contributed by atoms with Crippen LogP contribution >= 0.6 is 0 Å². The first-order valence-electron chi connectivity index (χ1n) is 24.1. The highest BCUT2D eigenvalue weighted by molar-refractivity contribution is 5.71. The van der Waals surface area contributed by atoms with Crippen LogP contribution in [0.15, 0.2) is 0 Å². The third-order valence-electron chi connectivity index (χ3n) is 10.9. The van der Waals surface area contributed by atoms with Crippen LogP contribution in [0.5, 0.6) is 0 Å². The second kappa shape index (κ2) is 40.6. The van der Waals surface area contributed by atoms with Crippen molar-refractivity contribution in [3.63, 3.8) is 0 Å². The van der Waals surface area contributed by atoms with E-state index < -0.39 is 6.10 Å². The molecular weight excluding hydrogens is 685 g/mol. The fourth-order valence-electron chi connectivity index (χ4n) is 7.23. The topological polar surface area (TPSA) is 78.9 Å². The van der Waals surface area contributed by atoms with E-state index in [1.54, 1.807) is 0 Å². The molecule has 55 heavy (non-hydrogen) atoms. The van der Waals surface area contributed by atoms with E-state index in [0.717, 1.165) is 75.5 Å². The summed E-state index contributed by atoms with van der Waals surface area (Å²) in [6.45, 7) is 13.6. The maximum absolute atomic E-state index is 12.7. The summed E-state index contributed by atoms with van der Waals surface area (Å²) in [5, 5.41) is 0. The average molecular weight is 779 g/mol. The maximum Gasteiger partial charge on any atom is 0.306 e. The molecule has 0 N–H and O–H groups in total. The fourth-order valence-corrected chi connectivity index (χ4v) is 7.23. The van der Waals surface area contributed by atoms with Crippen molar-refractivity contribution in [2.24, 2.45) is 17.8 Å². The molecule has 0 saturated heterocycles. The predicted octanol–water partition coefficient (Wildman–Crippen LogP) is 15.2. The van der Waals surface area contributed by atoms with E-state index in [1.165, 1.54) is 141 Å². The Kier molecular flexibility index (Phi) is 39.4. The Morgan fingerprint density at radius 3 is 0.782 bits per heavy atom. The molecule has 0 bridgehead atoms. The van der Waals surface area contributed by atoms with Crippen molar-refractivity contribution in [2.75, 3.05) is 13.2 Å². The van der Waals surface area contributed by atoms with Crippen LogP contribution in [0, 0.1) is 17.8 Å². The van der Waals surface area contributed by atoms with Gasteiger partial charge in [0.15, 0.2) is 6.10 Å². The normalized spacial score (nSPS) is 12.2. The third-order valence-corrected chi connectivity index (χ3v) is 10.9. The first-order chi connectivity index (χ1) is 26.6. The standard InChI is InChI=1S/C49H94O6/c1-43(2)35-29-23-17-12-9-7-8-10-14-20-26-32-38-47(50)53-41-46(55-49(52)40-34-28-22-16-19-25-31-37-45(5)6)42-54-48(51)39-33-27-21-15-11-13-18-24-30-36-44(3)4/h43-46H,7-42H2,1-6H3/t46-/m0/s1. The second-order valence-electron chi connectivity index (χ2n) is 18.2. The minimum atomic E-state index is -0.762. The summed E-state index contributed by atoms with van der Waals surface area (Å²) in [4.78, 5) is 37.8. The van der Waals surface area contributed by atoms with Crippen molar-refractivity contribution in [3.8, 4) is 0 Å². The van der Waals surface area contributed by atoms with Gasteiger partial charge in [0.2, 0.25) is 0 Å². The molecule has 1 atom stereocenters. The van der Waals surface area contributed by atoms with Gasteiger partial charge in [-0.1, -0.05) is 221 Å². The summed E-state index contributed by atoms with van der Waals surface area (Å²) in [5.41, 5.74) is 0. The van der Waals surface area contributed by atoms with E-state index in [2.05, 4.69) is 41.5 Å². The van der Waals surface area contributed by atoms with Crippen LogP contribution in [0.3, 0.4) is 0 Å². The number of carbonyl (C=O) groups excluding carboxylic acids is 3. The minimum absolute atomic E-state index is 0.0660. The van der Waals surface area contributed by atoms with Crippen molar-refractivity contribution < 1.29 is 28.6 Å². The molecular formula is C49H94O6. The van der Waals surface area contributed by atoms with Gasteiger partial charge in [-0.3, -0.25) is 14.4 Å². The van der Waals surface area contributed by atoms with E-state index in [-0.39, 0.29) is 31.1 Å². The number of carbonyl (C=O) groups is 3. The van der Waals surface area contributed by atoms with Gasteiger partial charge in [0.05, 0.1) is 0 Å². The number of rotatable bonds is 42. The van der Waals surface area contributed by atoms with Crippen LogP contribution in [0.1, 0.15) is 260 Å². The number of unbranched alkanes of at least 4 members (excludes halogenated alkanes) is 25. The fraction of sp³-hybridized carbons (Fsp3) is 0.939. The highest BCUT2D eigenvalue weighted by atomic mass is 16.6. The molecule has 0 aromatic carbocycles. The Labute approximate surface area is 342 Å². The quantitative estimate of drug-likeness (QED) is 0.0349. The highest BCUT2D eigenvalue weighted by Crippen LogP contribution is 2.17. The molecule has 0 rings (SSSR count). The molecule has 6 nitrogen and oxygen atoms in total. The lowest BCUT2D eigenvalue weighted by Gasteiger charge is -2.18. The lowest BCUT2D eigenvalue weighted by atomic mass is 10.0. The Morgan fingerprint density at radius 2 is 0.527 bits per heavy atom. The Hall–Kier alpha value is -1.59. The summed E-state index contributed by atoms with van der Waals surface area (Å²) in [6.07, 6.45) is 38.1. The van der Waals surface area contributed by atoms with Crippen molar-refractivity contribution in [1.82, 2.24) is 0 Å². The van der Waals surface area contributed by atoms with Gasteiger partial charge in [0.25, 0.3) is 0 Å². The molecule has 0 heterocycles. The second-order valence-corrected chi connectivity index (χ2v) is 18.2. The van der Waals surface area contributed by atoms with Crippen molar-refractivity contribution >= 4 is 17.9 Å². The molecule has 0 aromatic rings. The predicted molar refractivity (Wildman–Crippen MR) is 233 cm³/mol. The number of hydrogen-bond acceptors (Lipinski definition) is 6. The lowest BCUT2D eigenvalue weighted by molar-refractivity contribution is -0.167. The first-order valence-corrected chi connectivity index (χ1v) is 24.1. The maximum atomic E-state index is 12.7. The molecule has 0 saturated carbocycles. The summed E-state index contributed by atoms with van der Waals surface area (Å²) in [7, 11) is 0. The van der Waals surface area contributed by atoms with Crippen LogP contribution < -0.4 is 0 Å². The van der Waals surface area contributed by atoms with Gasteiger partial charge in [-0.15, -0.1) is 0 Å². The molecule has 0 aliphatic carbocycles. The van der Waals surface area contributed by atoms with Crippen LogP contribution in [0.25, 0.3) is 0 Å². The van der Waals surface area contributed by atoms with Gasteiger partial charge < -0.3 is 14.2 Å². The summed E-state index contributed by atoms with van der Waals surface area (Å²) in [6, 6.07) is 0. The zero-order valence-electron chi connectivity index (χ0n) is 37.7. The van der Waals surface area contributed by atoms with Crippen molar-refractivity contribution in [3.05, 3.63) is 0 Å². The number of hydrogen-bond donors (Lipinski definition) is 0. The zero-order chi connectivity index (χ0) is 40.6. The molecule has 0 amide bonds. The van der Waals surface area contributed by atoms with Crippen LogP contribution in [-0.4, -0.2) is 37.2 Å². The van der Waals surface area contributed by atoms with E-state index >= 15 is 0 Å². The minimum Gasteiger partial charge on any atom is -0.462 e. The van der Waals surface area contributed by atoms with Crippen molar-refractivity contribution in [2.45, 2.75) is 266 Å². The van der Waals surface area contributed by atoms with Gasteiger partial charge in [-0.05, 0) is 37.0 Å². The average Bonchev–Trinajstić information content (AvgIpc) is 3.13. The van der Waals surface area contributed by atoms with E-state index in [0.29, 0.717) is 19.3 Å². The molecule has 0 unspecified atom stereocenters. The smallest absolute Gasteiger partial charge is 0.306 e. The molecule has 0 aliphatic rings. The Morgan fingerprint density at radius 1 is 0.309 bits per heavy atom. The monoisotopic (exact) mass is 779 g/mol. The summed E-state index contributed by atoms with van der Waals surface area (Å²) in [5.74, 6) is 1.56. The molecule has 0 aromatic heterocycles.